The van der Waals surface area contributed by atoms with E-state index in [1.54, 1.807) is 12.1 Å². The Balaban J connectivity index is 1.94. The van der Waals surface area contributed by atoms with E-state index >= 15 is 0 Å². The molecule has 1 N–H and O–H groups in total. The first-order chi connectivity index (χ1) is 9.26. The third kappa shape index (κ3) is 2.33. The zero-order chi connectivity index (χ0) is 13.2. The molecule has 92 valence electrons. The van der Waals surface area contributed by atoms with Crippen LogP contribution in [0.15, 0.2) is 58.5 Å². The van der Waals surface area contributed by atoms with Crippen molar-refractivity contribution in [1.29, 1.82) is 5.26 Å². The van der Waals surface area contributed by atoms with Gasteiger partial charge in [0.1, 0.15) is 5.82 Å². The number of hydrogen-bond acceptors (Lipinski definition) is 2. The average Bonchev–Trinajstić information content (AvgIpc) is 2.83. The van der Waals surface area contributed by atoms with Crippen molar-refractivity contribution in [3.05, 3.63) is 59.9 Å². The number of fused-ring (bicyclic) bond motifs is 1. The number of benzene rings is 2. The standard InChI is InChI=1S/C15H9FN2S/c16-12-7-10(9-17)5-6-14(12)19-15-8-11-3-1-2-4-13(11)18-15/h1-8,18H. The largest absolute Gasteiger partial charge is 0.349 e. The number of halogens is 1. The molecule has 0 atom stereocenters. The second kappa shape index (κ2) is 4.79. The summed E-state index contributed by atoms with van der Waals surface area (Å²) in [6, 6.07) is 16.3. The van der Waals surface area contributed by atoms with Gasteiger partial charge in [0.2, 0.25) is 0 Å². The molecule has 1 aromatic heterocycles. The SMILES string of the molecule is N#Cc1ccc(Sc2cc3ccccc3[nH]2)c(F)c1. The van der Waals surface area contributed by atoms with Crippen molar-refractivity contribution in [1.82, 2.24) is 4.98 Å². The van der Waals surface area contributed by atoms with Gasteiger partial charge in [-0.1, -0.05) is 30.0 Å². The maximum atomic E-state index is 13.8. The summed E-state index contributed by atoms with van der Waals surface area (Å²) in [5.74, 6) is -0.372. The highest BCUT2D eigenvalue weighted by Crippen LogP contribution is 2.31. The van der Waals surface area contributed by atoms with Crippen LogP contribution in [0.25, 0.3) is 10.9 Å². The number of nitrogens with zero attached hydrogens (tertiary/aromatic N) is 1. The van der Waals surface area contributed by atoms with Crippen molar-refractivity contribution in [3.63, 3.8) is 0 Å². The molecule has 0 saturated carbocycles. The van der Waals surface area contributed by atoms with E-state index in [1.165, 1.54) is 17.8 Å². The van der Waals surface area contributed by atoms with Gasteiger partial charge in [-0.05, 0) is 30.3 Å². The van der Waals surface area contributed by atoms with E-state index in [4.69, 9.17) is 5.26 Å². The van der Waals surface area contributed by atoms with Gasteiger partial charge in [0.05, 0.1) is 16.7 Å². The number of aromatic nitrogens is 1. The number of H-pyrrole nitrogens is 1. The predicted molar refractivity (Wildman–Crippen MR) is 73.5 cm³/mol. The summed E-state index contributed by atoms with van der Waals surface area (Å²) in [6.07, 6.45) is 0. The molecule has 0 aliphatic rings. The molecule has 2 nitrogen and oxygen atoms in total. The molecule has 2 aromatic carbocycles. The first-order valence-electron chi connectivity index (χ1n) is 5.71. The highest BCUT2D eigenvalue weighted by atomic mass is 32.2. The summed E-state index contributed by atoms with van der Waals surface area (Å²) >= 11 is 1.32. The fourth-order valence-electron chi connectivity index (χ4n) is 1.87. The molecular formula is C15H9FN2S. The highest BCUT2D eigenvalue weighted by molar-refractivity contribution is 7.99. The van der Waals surface area contributed by atoms with E-state index in [-0.39, 0.29) is 5.82 Å². The van der Waals surface area contributed by atoms with Gasteiger partial charge in [-0.25, -0.2) is 4.39 Å². The molecule has 4 heteroatoms. The lowest BCUT2D eigenvalue weighted by Gasteiger charge is -2.00. The number of hydrogen-bond donors (Lipinski definition) is 1. The number of para-hydroxylation sites is 1. The van der Waals surface area contributed by atoms with Crippen molar-refractivity contribution in [2.75, 3.05) is 0 Å². The minimum atomic E-state index is -0.372. The first-order valence-corrected chi connectivity index (χ1v) is 6.53. The van der Waals surface area contributed by atoms with Crippen LogP contribution in [0.2, 0.25) is 0 Å². The lowest BCUT2D eigenvalue weighted by Crippen LogP contribution is -1.83. The second-order valence-electron chi connectivity index (χ2n) is 4.08. The van der Waals surface area contributed by atoms with E-state index in [9.17, 15) is 4.39 Å². The van der Waals surface area contributed by atoms with E-state index in [2.05, 4.69) is 4.98 Å². The van der Waals surface area contributed by atoms with Gasteiger partial charge in [0.25, 0.3) is 0 Å². The monoisotopic (exact) mass is 268 g/mol. The van der Waals surface area contributed by atoms with Gasteiger partial charge in [0.15, 0.2) is 0 Å². The van der Waals surface area contributed by atoms with Crippen molar-refractivity contribution >= 4 is 22.7 Å². The topological polar surface area (TPSA) is 39.6 Å². The maximum absolute atomic E-state index is 13.8. The van der Waals surface area contributed by atoms with Crippen LogP contribution in [0, 0.1) is 17.1 Å². The van der Waals surface area contributed by atoms with Crippen LogP contribution in [0.5, 0.6) is 0 Å². The van der Waals surface area contributed by atoms with Crippen molar-refractivity contribution in [2.45, 2.75) is 9.92 Å². The lowest BCUT2D eigenvalue weighted by molar-refractivity contribution is 0.601. The Hall–Kier alpha value is -2.25. The minimum Gasteiger partial charge on any atom is -0.349 e. The fraction of sp³-hybridized carbons (Fsp3) is 0. The van der Waals surface area contributed by atoms with Gasteiger partial charge >= 0.3 is 0 Å². The van der Waals surface area contributed by atoms with Crippen LogP contribution in [-0.2, 0) is 0 Å². The molecule has 3 rings (SSSR count). The third-order valence-electron chi connectivity index (χ3n) is 2.79. The van der Waals surface area contributed by atoms with Gasteiger partial charge in [-0.3, -0.25) is 0 Å². The van der Waals surface area contributed by atoms with Gasteiger partial charge < -0.3 is 4.98 Å². The number of aromatic amines is 1. The Labute approximate surface area is 113 Å². The zero-order valence-corrected chi connectivity index (χ0v) is 10.7. The maximum Gasteiger partial charge on any atom is 0.138 e. The normalized spacial score (nSPS) is 10.5. The van der Waals surface area contributed by atoms with Crippen molar-refractivity contribution in [2.24, 2.45) is 0 Å². The van der Waals surface area contributed by atoms with E-state index in [1.807, 2.05) is 36.4 Å². The van der Waals surface area contributed by atoms with Crippen LogP contribution < -0.4 is 0 Å². The lowest BCUT2D eigenvalue weighted by atomic mass is 10.2. The van der Waals surface area contributed by atoms with Gasteiger partial charge in [-0.2, -0.15) is 5.26 Å². The summed E-state index contributed by atoms with van der Waals surface area (Å²) in [4.78, 5) is 3.74. The number of nitriles is 1. The van der Waals surface area contributed by atoms with Crippen LogP contribution in [0.1, 0.15) is 5.56 Å². The zero-order valence-electron chi connectivity index (χ0n) is 9.85. The molecule has 3 aromatic rings. The van der Waals surface area contributed by atoms with Gasteiger partial charge in [0, 0.05) is 15.8 Å². The molecule has 0 bridgehead atoms. The first kappa shape index (κ1) is 11.8. The highest BCUT2D eigenvalue weighted by Gasteiger charge is 2.07. The van der Waals surface area contributed by atoms with Gasteiger partial charge in [-0.15, -0.1) is 0 Å². The quantitative estimate of drug-likeness (QED) is 0.751. The summed E-state index contributed by atoms with van der Waals surface area (Å²) in [7, 11) is 0. The van der Waals surface area contributed by atoms with E-state index in [0.717, 1.165) is 15.9 Å². The van der Waals surface area contributed by atoms with Crippen molar-refractivity contribution < 1.29 is 4.39 Å². The van der Waals surface area contributed by atoms with E-state index in [0.29, 0.717) is 10.5 Å². The minimum absolute atomic E-state index is 0.332. The molecule has 19 heavy (non-hydrogen) atoms. The number of rotatable bonds is 2. The fourth-order valence-corrected chi connectivity index (χ4v) is 2.75. The molecule has 1 heterocycles. The summed E-state index contributed by atoms with van der Waals surface area (Å²) < 4.78 is 13.8. The van der Waals surface area contributed by atoms with Crippen LogP contribution in [0.3, 0.4) is 0 Å². The smallest absolute Gasteiger partial charge is 0.138 e. The molecule has 0 saturated heterocycles. The molecule has 0 radical (unpaired) electrons. The molecule has 0 spiro atoms. The second-order valence-corrected chi connectivity index (χ2v) is 5.16. The Bertz CT molecular complexity index is 753. The third-order valence-corrected chi connectivity index (χ3v) is 3.78. The Morgan fingerprint density at radius 3 is 2.68 bits per heavy atom. The molecular weight excluding hydrogens is 259 g/mol. The van der Waals surface area contributed by atoms with Crippen LogP contribution >= 0.6 is 11.8 Å². The number of nitrogens with one attached hydrogen (secondary N) is 1. The average molecular weight is 268 g/mol. The molecule has 0 aliphatic heterocycles. The van der Waals surface area contributed by atoms with Crippen molar-refractivity contribution in [3.8, 4) is 6.07 Å². The summed E-state index contributed by atoms with van der Waals surface area (Å²) in [6.45, 7) is 0. The Morgan fingerprint density at radius 1 is 1.11 bits per heavy atom. The molecule has 0 amide bonds. The summed E-state index contributed by atoms with van der Waals surface area (Å²) in [5.41, 5.74) is 1.36. The Morgan fingerprint density at radius 2 is 1.95 bits per heavy atom. The van der Waals surface area contributed by atoms with Crippen LogP contribution in [-0.4, -0.2) is 4.98 Å². The Kier molecular flexibility index (Phi) is 2.98. The molecule has 0 aliphatic carbocycles. The van der Waals surface area contributed by atoms with Crippen LogP contribution in [0.4, 0.5) is 4.39 Å². The summed E-state index contributed by atoms with van der Waals surface area (Å²) in [5, 5.41) is 10.7. The molecule has 0 fully saturated rings. The predicted octanol–water partition coefficient (Wildman–Crippen LogP) is 4.33. The van der Waals surface area contributed by atoms with E-state index < -0.39 is 0 Å². The molecule has 0 unspecified atom stereocenters.